The van der Waals surface area contributed by atoms with Crippen molar-refractivity contribution in [2.24, 2.45) is 5.92 Å². The Kier molecular flexibility index (Phi) is 5.97. The molecule has 0 heterocycles. The average Bonchev–Trinajstić information content (AvgIpc) is 2.36. The highest BCUT2D eigenvalue weighted by Crippen LogP contribution is 2.21. The standard InChI is InChI=1S/C14H19O4P/c1-9(2)8-17-14(16)18-13(15)12-6-4-11(5-7-12)10(3)19/h4-7,9-10H,8,19H2,1-3H3. The molecular weight excluding hydrogens is 263 g/mol. The summed E-state index contributed by atoms with van der Waals surface area (Å²) < 4.78 is 9.35. The maximum atomic E-state index is 11.7. The highest BCUT2D eigenvalue weighted by Gasteiger charge is 2.14. The van der Waals surface area contributed by atoms with Crippen molar-refractivity contribution in [2.45, 2.75) is 26.4 Å². The predicted octanol–water partition coefficient (Wildman–Crippen LogP) is 3.57. The topological polar surface area (TPSA) is 52.6 Å². The van der Waals surface area contributed by atoms with Crippen LogP contribution >= 0.6 is 9.24 Å². The van der Waals surface area contributed by atoms with Crippen LogP contribution in [0.3, 0.4) is 0 Å². The molecule has 1 aromatic rings. The third kappa shape index (κ3) is 5.39. The molecular formula is C14H19O4P. The fraction of sp³-hybridized carbons (Fsp3) is 0.429. The molecule has 0 N–H and O–H groups in total. The first-order chi connectivity index (χ1) is 8.90. The van der Waals surface area contributed by atoms with Crippen molar-refractivity contribution in [3.63, 3.8) is 0 Å². The van der Waals surface area contributed by atoms with E-state index in [1.165, 1.54) is 0 Å². The Morgan fingerprint density at radius 3 is 2.21 bits per heavy atom. The van der Waals surface area contributed by atoms with Gasteiger partial charge >= 0.3 is 12.1 Å². The van der Waals surface area contributed by atoms with Gasteiger partial charge in [0.2, 0.25) is 0 Å². The van der Waals surface area contributed by atoms with Crippen LogP contribution in [0.5, 0.6) is 0 Å². The zero-order valence-corrected chi connectivity index (χ0v) is 12.5. The van der Waals surface area contributed by atoms with E-state index in [1.54, 1.807) is 12.1 Å². The molecule has 19 heavy (non-hydrogen) atoms. The van der Waals surface area contributed by atoms with Crippen LogP contribution in [0, 0.1) is 5.92 Å². The largest absolute Gasteiger partial charge is 0.516 e. The third-order valence-electron chi connectivity index (χ3n) is 2.38. The Hall–Kier alpha value is -1.41. The number of hydrogen-bond acceptors (Lipinski definition) is 4. The van der Waals surface area contributed by atoms with E-state index in [-0.39, 0.29) is 12.5 Å². The van der Waals surface area contributed by atoms with Gasteiger partial charge in [0.05, 0.1) is 12.2 Å². The van der Waals surface area contributed by atoms with E-state index in [1.807, 2.05) is 32.9 Å². The fourth-order valence-electron chi connectivity index (χ4n) is 1.32. The van der Waals surface area contributed by atoms with E-state index >= 15 is 0 Å². The van der Waals surface area contributed by atoms with Gasteiger partial charge < -0.3 is 9.47 Å². The molecule has 0 fully saturated rings. The summed E-state index contributed by atoms with van der Waals surface area (Å²) in [6.45, 7) is 6.06. The first-order valence-electron chi connectivity index (χ1n) is 6.14. The normalized spacial score (nSPS) is 12.1. The van der Waals surface area contributed by atoms with Crippen molar-refractivity contribution >= 4 is 21.4 Å². The quantitative estimate of drug-likeness (QED) is 0.481. The van der Waals surface area contributed by atoms with E-state index in [0.29, 0.717) is 11.2 Å². The first-order valence-corrected chi connectivity index (χ1v) is 6.81. The summed E-state index contributed by atoms with van der Waals surface area (Å²) in [4.78, 5) is 22.9. The lowest BCUT2D eigenvalue weighted by molar-refractivity contribution is 0.0351. The molecule has 1 aromatic carbocycles. The van der Waals surface area contributed by atoms with Crippen LogP contribution in [0.4, 0.5) is 4.79 Å². The third-order valence-corrected chi connectivity index (χ3v) is 2.77. The molecule has 0 radical (unpaired) electrons. The summed E-state index contributed by atoms with van der Waals surface area (Å²) in [5, 5.41) is 0. The molecule has 0 saturated carbocycles. The lowest BCUT2D eigenvalue weighted by Crippen LogP contribution is -2.16. The van der Waals surface area contributed by atoms with Crippen molar-refractivity contribution in [3.05, 3.63) is 35.4 Å². The van der Waals surface area contributed by atoms with Crippen LogP contribution in [0.25, 0.3) is 0 Å². The van der Waals surface area contributed by atoms with Gasteiger partial charge in [-0.25, -0.2) is 9.59 Å². The van der Waals surface area contributed by atoms with Crippen LogP contribution in [-0.2, 0) is 9.47 Å². The van der Waals surface area contributed by atoms with Crippen LogP contribution in [-0.4, -0.2) is 18.7 Å². The number of ether oxygens (including phenoxy) is 2. The highest BCUT2D eigenvalue weighted by molar-refractivity contribution is 7.17. The van der Waals surface area contributed by atoms with Gasteiger partial charge in [-0.2, -0.15) is 0 Å². The number of carbonyl (C=O) groups is 2. The Balaban J connectivity index is 2.56. The molecule has 5 heteroatoms. The summed E-state index contributed by atoms with van der Waals surface area (Å²) in [6, 6.07) is 6.92. The molecule has 0 spiro atoms. The maximum absolute atomic E-state index is 11.7. The van der Waals surface area contributed by atoms with Crippen LogP contribution in [0.15, 0.2) is 24.3 Å². The van der Waals surface area contributed by atoms with E-state index in [9.17, 15) is 9.59 Å². The molecule has 0 aromatic heterocycles. The molecule has 104 valence electrons. The SMILES string of the molecule is CC(C)COC(=O)OC(=O)c1ccc(C(C)P)cc1. The van der Waals surface area contributed by atoms with Gasteiger partial charge in [0, 0.05) is 0 Å². The van der Waals surface area contributed by atoms with E-state index in [4.69, 9.17) is 4.74 Å². The lowest BCUT2D eigenvalue weighted by atomic mass is 10.1. The molecule has 0 bridgehead atoms. The summed E-state index contributed by atoms with van der Waals surface area (Å²) in [7, 11) is 2.67. The number of carbonyl (C=O) groups excluding carboxylic acids is 2. The molecule has 2 atom stereocenters. The van der Waals surface area contributed by atoms with Crippen molar-refractivity contribution in [1.29, 1.82) is 0 Å². The van der Waals surface area contributed by atoms with Crippen molar-refractivity contribution in [2.75, 3.05) is 6.61 Å². The zero-order valence-electron chi connectivity index (χ0n) is 11.4. The van der Waals surface area contributed by atoms with Crippen molar-refractivity contribution in [1.82, 2.24) is 0 Å². The van der Waals surface area contributed by atoms with Crippen LogP contribution in [0.2, 0.25) is 0 Å². The Morgan fingerprint density at radius 2 is 1.74 bits per heavy atom. The summed E-state index contributed by atoms with van der Waals surface area (Å²) in [5.41, 5.74) is 1.72. The molecule has 0 aliphatic rings. The number of rotatable bonds is 4. The second kappa shape index (κ2) is 7.25. The maximum Gasteiger partial charge on any atom is 0.516 e. The minimum absolute atomic E-state index is 0.200. The Morgan fingerprint density at radius 1 is 1.16 bits per heavy atom. The van der Waals surface area contributed by atoms with E-state index in [2.05, 4.69) is 14.0 Å². The van der Waals surface area contributed by atoms with Gasteiger partial charge in [0.25, 0.3) is 0 Å². The summed E-state index contributed by atoms with van der Waals surface area (Å²) in [6.07, 6.45) is -0.956. The minimum Gasteiger partial charge on any atom is -0.434 e. The number of hydrogen-bond donors (Lipinski definition) is 0. The fourth-order valence-corrected chi connectivity index (χ4v) is 1.54. The average molecular weight is 282 g/mol. The Bertz CT molecular complexity index is 437. The van der Waals surface area contributed by atoms with Crippen LogP contribution < -0.4 is 0 Å². The van der Waals surface area contributed by atoms with Crippen molar-refractivity contribution in [3.8, 4) is 0 Å². The molecule has 1 rings (SSSR count). The van der Waals surface area contributed by atoms with Gasteiger partial charge in [0.15, 0.2) is 0 Å². The van der Waals surface area contributed by atoms with E-state index < -0.39 is 12.1 Å². The Labute approximate surface area is 115 Å². The molecule has 0 aliphatic carbocycles. The van der Waals surface area contributed by atoms with Gasteiger partial charge in [-0.15, -0.1) is 9.24 Å². The highest BCUT2D eigenvalue weighted by atomic mass is 31.0. The molecule has 4 nitrogen and oxygen atoms in total. The zero-order chi connectivity index (χ0) is 14.4. The number of benzene rings is 1. The predicted molar refractivity (Wildman–Crippen MR) is 76.2 cm³/mol. The monoisotopic (exact) mass is 282 g/mol. The summed E-state index contributed by atoms with van der Waals surface area (Å²) in [5.74, 6) is -0.498. The van der Waals surface area contributed by atoms with Crippen molar-refractivity contribution < 1.29 is 19.1 Å². The number of esters is 1. The second-order valence-corrected chi connectivity index (χ2v) is 5.76. The van der Waals surface area contributed by atoms with Gasteiger partial charge in [-0.1, -0.05) is 32.9 Å². The first kappa shape index (κ1) is 15.6. The summed E-state index contributed by atoms with van der Waals surface area (Å²) >= 11 is 0. The molecule has 0 saturated heterocycles. The molecule has 2 unspecified atom stereocenters. The minimum atomic E-state index is -0.956. The van der Waals surface area contributed by atoms with Crippen LogP contribution in [0.1, 0.15) is 42.4 Å². The lowest BCUT2D eigenvalue weighted by Gasteiger charge is -2.08. The van der Waals surface area contributed by atoms with Gasteiger partial charge in [-0.3, -0.25) is 0 Å². The van der Waals surface area contributed by atoms with Gasteiger partial charge in [0.1, 0.15) is 0 Å². The molecule has 0 amide bonds. The van der Waals surface area contributed by atoms with Gasteiger partial charge in [-0.05, 0) is 29.3 Å². The molecule has 0 aliphatic heterocycles. The smallest absolute Gasteiger partial charge is 0.434 e. The second-order valence-electron chi connectivity index (χ2n) is 4.76. The van der Waals surface area contributed by atoms with E-state index in [0.717, 1.165) is 5.56 Å².